The lowest BCUT2D eigenvalue weighted by molar-refractivity contribution is -0.230. The first-order valence-electron chi connectivity index (χ1n) is 17.4. The molecule has 0 aliphatic carbocycles. The minimum atomic E-state index is -3.27. The number of halogens is 1. The van der Waals surface area contributed by atoms with Crippen molar-refractivity contribution in [1.29, 1.82) is 0 Å². The van der Waals surface area contributed by atoms with Gasteiger partial charge in [0.15, 0.2) is 0 Å². The molecule has 5 N–H and O–H groups in total. The van der Waals surface area contributed by atoms with Crippen LogP contribution in [0, 0.1) is 11.7 Å². The van der Waals surface area contributed by atoms with Crippen LogP contribution < -0.4 is 9.62 Å². The van der Waals surface area contributed by atoms with Crippen LogP contribution in [0.1, 0.15) is 67.0 Å². The normalized spacial score (nSPS) is 25.4. The Bertz CT molecular complexity index is 1760. The van der Waals surface area contributed by atoms with Gasteiger partial charge >= 0.3 is 5.97 Å². The Labute approximate surface area is 303 Å². The fraction of sp³-hybridized carbons (Fsp3) is 0.474. The molecule has 2 aliphatic heterocycles. The number of carbonyl (C=O) groups excluding carboxylic acids is 2. The van der Waals surface area contributed by atoms with Crippen LogP contribution in [0.2, 0.25) is 0 Å². The summed E-state index contributed by atoms with van der Waals surface area (Å²) in [6, 6.07) is 20.7. The number of β-lactam (4-membered cyclic amide) rings is 1. The van der Waals surface area contributed by atoms with Crippen LogP contribution in [0.25, 0.3) is 0 Å². The third kappa shape index (κ3) is 9.81. The zero-order valence-electron chi connectivity index (χ0n) is 29.2. The zero-order chi connectivity index (χ0) is 37.6. The van der Waals surface area contributed by atoms with Gasteiger partial charge in [-0.2, -0.15) is 0 Å². The van der Waals surface area contributed by atoms with Crippen LogP contribution in [0.4, 0.5) is 10.1 Å². The third-order valence-corrected chi connectivity index (χ3v) is 10.5. The van der Waals surface area contributed by atoms with Gasteiger partial charge < -0.3 is 34.8 Å². The summed E-state index contributed by atoms with van der Waals surface area (Å²) in [7, 11) is -3.27. The number of hydrogen-bond acceptors (Lipinski definition) is 10. The number of sulfonamides is 1. The van der Waals surface area contributed by atoms with Gasteiger partial charge in [0.25, 0.3) is 0 Å². The average molecular weight is 743 g/mol. The summed E-state index contributed by atoms with van der Waals surface area (Å²) < 4.78 is 50.1. The smallest absolute Gasteiger partial charge is 0.303 e. The van der Waals surface area contributed by atoms with Gasteiger partial charge in [-0.25, -0.2) is 17.5 Å². The van der Waals surface area contributed by atoms with Gasteiger partial charge in [-0.3, -0.25) is 9.59 Å². The van der Waals surface area contributed by atoms with Crippen molar-refractivity contribution >= 4 is 27.6 Å². The molecule has 2 fully saturated rings. The highest BCUT2D eigenvalue weighted by Gasteiger charge is 2.49. The van der Waals surface area contributed by atoms with E-state index in [0.29, 0.717) is 56.3 Å². The summed E-state index contributed by atoms with van der Waals surface area (Å²) in [6.45, 7) is 1.13. The molecule has 2 heterocycles. The first-order chi connectivity index (χ1) is 24.8. The number of amides is 1. The molecule has 0 radical (unpaired) electrons. The molecule has 3 aromatic carbocycles. The molecule has 282 valence electrons. The van der Waals surface area contributed by atoms with Gasteiger partial charge in [-0.15, -0.1) is 0 Å². The largest absolute Gasteiger partial charge is 0.458 e. The van der Waals surface area contributed by atoms with E-state index in [1.54, 1.807) is 17.0 Å². The number of nitrogens with zero attached hydrogens (tertiary/aromatic N) is 1. The van der Waals surface area contributed by atoms with Crippen LogP contribution >= 0.6 is 0 Å². The summed E-state index contributed by atoms with van der Waals surface area (Å²) >= 11 is 0. The van der Waals surface area contributed by atoms with Gasteiger partial charge in [0.1, 0.15) is 36.3 Å². The van der Waals surface area contributed by atoms with Crippen molar-refractivity contribution < 1.29 is 52.3 Å². The van der Waals surface area contributed by atoms with E-state index in [0.717, 1.165) is 22.9 Å². The van der Waals surface area contributed by atoms with Crippen LogP contribution in [0.15, 0.2) is 72.8 Å². The zero-order valence-corrected chi connectivity index (χ0v) is 30.0. The molecular formula is C38H47FN2O10S. The molecule has 0 aromatic heterocycles. The van der Waals surface area contributed by atoms with Crippen molar-refractivity contribution in [2.45, 2.75) is 88.1 Å². The van der Waals surface area contributed by atoms with Crippen LogP contribution in [-0.4, -0.2) is 90.6 Å². The molecule has 3 aromatic rings. The Morgan fingerprint density at radius 1 is 0.904 bits per heavy atom. The molecule has 2 saturated heterocycles. The van der Waals surface area contributed by atoms with E-state index in [9.17, 15) is 42.8 Å². The Hall–Kier alpha value is -3.76. The van der Waals surface area contributed by atoms with E-state index < -0.39 is 71.0 Å². The number of carbonyl (C=O) groups is 2. The van der Waals surface area contributed by atoms with Crippen molar-refractivity contribution in [3.63, 3.8) is 0 Å². The van der Waals surface area contributed by atoms with Crippen molar-refractivity contribution in [3.8, 4) is 0 Å². The Morgan fingerprint density at radius 2 is 1.52 bits per heavy atom. The summed E-state index contributed by atoms with van der Waals surface area (Å²) in [6.07, 6.45) is -2.69. The van der Waals surface area contributed by atoms with E-state index in [-0.39, 0.29) is 11.9 Å². The SMILES string of the molecule is CC(=O)O[C@@H](CCC1C(=O)N(c2ccc(CCCNS(C)(=O)=O)cc2)[C@@H]1c1ccc(CCC2O[C@H](CO)[C@@H](O)[C@H](O)[C@H]2O)cc1)c1ccc(F)cc1. The molecule has 0 saturated carbocycles. The molecule has 8 atom stereocenters. The highest BCUT2D eigenvalue weighted by molar-refractivity contribution is 7.88. The fourth-order valence-corrected chi connectivity index (χ4v) is 7.50. The maximum absolute atomic E-state index is 13.8. The number of esters is 1. The number of ether oxygens (including phenoxy) is 2. The third-order valence-electron chi connectivity index (χ3n) is 9.75. The number of benzene rings is 3. The lowest BCUT2D eigenvalue weighted by Crippen LogP contribution is -2.58. The van der Waals surface area contributed by atoms with E-state index in [1.807, 2.05) is 48.5 Å². The quantitative estimate of drug-likeness (QED) is 0.0832. The fourth-order valence-electron chi connectivity index (χ4n) is 6.98. The standard InChI is InChI=1S/C38H47FN2O10S/c1-23(43)50-31(26-12-14-28(39)15-13-26)20-18-30-34(41(38(30)47)29-16-7-24(8-17-29)4-3-21-40-52(2,48)49)27-10-5-25(6-11-27)9-19-32-35(44)37(46)36(45)33(22-42)51-32/h5-8,10-17,30-37,40,42,44-46H,3-4,9,18-22H2,1-2H3/t30?,31-,32?,33+,34+,35-,36+,37+/m0/s1. The molecule has 14 heteroatoms. The number of rotatable bonds is 16. The minimum Gasteiger partial charge on any atom is -0.458 e. The Balaban J connectivity index is 1.32. The maximum atomic E-state index is 13.8. The molecule has 0 bridgehead atoms. The molecular weight excluding hydrogens is 695 g/mol. The van der Waals surface area contributed by atoms with Gasteiger partial charge in [0, 0.05) is 19.2 Å². The lowest BCUT2D eigenvalue weighted by Gasteiger charge is -2.48. The summed E-state index contributed by atoms with van der Waals surface area (Å²) in [5, 5.41) is 40.2. The lowest BCUT2D eigenvalue weighted by atomic mass is 9.78. The second-order valence-corrected chi connectivity index (χ2v) is 15.4. The van der Waals surface area contributed by atoms with Gasteiger partial charge in [0.05, 0.1) is 30.9 Å². The van der Waals surface area contributed by atoms with Crippen LogP contribution in [-0.2, 0) is 41.9 Å². The number of hydrogen-bond donors (Lipinski definition) is 5. The molecule has 52 heavy (non-hydrogen) atoms. The molecule has 1 amide bonds. The van der Waals surface area contributed by atoms with E-state index >= 15 is 0 Å². The first kappa shape index (κ1) is 39.4. The maximum Gasteiger partial charge on any atom is 0.303 e. The number of anilines is 1. The first-order valence-corrected chi connectivity index (χ1v) is 19.3. The predicted molar refractivity (Wildman–Crippen MR) is 190 cm³/mol. The minimum absolute atomic E-state index is 0.0949. The highest BCUT2D eigenvalue weighted by Crippen LogP contribution is 2.46. The van der Waals surface area contributed by atoms with E-state index in [1.165, 1.54) is 19.1 Å². The second-order valence-electron chi connectivity index (χ2n) is 13.6. The monoisotopic (exact) mass is 742 g/mol. The van der Waals surface area contributed by atoms with Crippen LogP contribution in [0.3, 0.4) is 0 Å². The number of aliphatic hydroxyl groups is 4. The Morgan fingerprint density at radius 3 is 2.13 bits per heavy atom. The Kier molecular flexibility index (Phi) is 13.2. The number of nitrogens with one attached hydrogen (secondary N) is 1. The van der Waals surface area contributed by atoms with Crippen molar-refractivity contribution in [1.82, 2.24) is 4.72 Å². The second kappa shape index (κ2) is 17.4. The molecule has 5 rings (SSSR count). The van der Waals surface area contributed by atoms with Gasteiger partial charge in [-0.05, 0) is 85.0 Å². The van der Waals surface area contributed by atoms with Gasteiger partial charge in [0.2, 0.25) is 15.9 Å². The number of aryl methyl sites for hydroxylation is 2. The summed E-state index contributed by atoms with van der Waals surface area (Å²) in [5.41, 5.74) is 4.11. The van der Waals surface area contributed by atoms with Crippen molar-refractivity contribution in [2.75, 3.05) is 24.3 Å². The van der Waals surface area contributed by atoms with Crippen molar-refractivity contribution in [2.24, 2.45) is 5.92 Å². The van der Waals surface area contributed by atoms with Crippen LogP contribution in [0.5, 0.6) is 0 Å². The number of aliphatic hydroxyl groups excluding tert-OH is 4. The molecule has 2 aliphatic rings. The highest BCUT2D eigenvalue weighted by atomic mass is 32.2. The molecule has 12 nitrogen and oxygen atoms in total. The molecule has 2 unspecified atom stereocenters. The predicted octanol–water partition coefficient (Wildman–Crippen LogP) is 2.87. The average Bonchev–Trinajstić information content (AvgIpc) is 3.11. The van der Waals surface area contributed by atoms with Gasteiger partial charge in [-0.1, -0.05) is 48.5 Å². The summed E-state index contributed by atoms with van der Waals surface area (Å²) in [5.74, 6) is -1.44. The van der Waals surface area contributed by atoms with Crippen molar-refractivity contribution in [3.05, 3.63) is 101 Å². The summed E-state index contributed by atoms with van der Waals surface area (Å²) in [4.78, 5) is 27.5. The van der Waals surface area contributed by atoms with E-state index in [4.69, 9.17) is 9.47 Å². The topological polar surface area (TPSA) is 183 Å². The molecule has 0 spiro atoms. The van der Waals surface area contributed by atoms with E-state index in [2.05, 4.69) is 4.72 Å².